The van der Waals surface area contributed by atoms with E-state index < -0.39 is 6.09 Å². The van der Waals surface area contributed by atoms with Crippen LogP contribution >= 0.6 is 0 Å². The second-order valence-corrected chi connectivity index (χ2v) is 7.27. The molecule has 1 amide bonds. The first-order chi connectivity index (χ1) is 14.9. The highest BCUT2D eigenvalue weighted by Crippen LogP contribution is 2.24. The number of carbonyl (C=O) groups is 1. The van der Waals surface area contributed by atoms with Gasteiger partial charge in [0.05, 0.1) is 24.0 Å². The molecule has 0 atom stereocenters. The molecule has 0 bridgehead atoms. The van der Waals surface area contributed by atoms with E-state index in [2.05, 4.69) is 54.0 Å². The molecule has 0 radical (unpaired) electrons. The van der Waals surface area contributed by atoms with Gasteiger partial charge in [-0.1, -0.05) is 0 Å². The summed E-state index contributed by atoms with van der Waals surface area (Å²) in [6, 6.07) is 7.55. The molecule has 0 saturated carbocycles. The summed E-state index contributed by atoms with van der Waals surface area (Å²) in [4.78, 5) is 32.7. The number of hydrogen-bond acceptors (Lipinski definition) is 7. The number of rotatable bonds is 6. The summed E-state index contributed by atoms with van der Waals surface area (Å²) in [6.45, 7) is 6.37. The van der Waals surface area contributed by atoms with E-state index in [9.17, 15) is 4.79 Å². The molecule has 4 aromatic heterocycles. The zero-order valence-electron chi connectivity index (χ0n) is 17.4. The van der Waals surface area contributed by atoms with Crippen molar-refractivity contribution >= 4 is 28.8 Å². The van der Waals surface area contributed by atoms with E-state index in [0.29, 0.717) is 23.2 Å². The van der Waals surface area contributed by atoms with Crippen molar-refractivity contribution in [2.45, 2.75) is 33.4 Å². The van der Waals surface area contributed by atoms with Crippen LogP contribution in [0.15, 0.2) is 42.9 Å². The van der Waals surface area contributed by atoms with Gasteiger partial charge in [0.2, 0.25) is 0 Å². The number of fused-ring (bicyclic) bond motifs is 1. The van der Waals surface area contributed by atoms with Gasteiger partial charge in [0, 0.05) is 30.1 Å². The van der Waals surface area contributed by atoms with Crippen molar-refractivity contribution in [1.82, 2.24) is 34.8 Å². The van der Waals surface area contributed by atoms with Gasteiger partial charge in [0.1, 0.15) is 23.0 Å². The molecule has 0 aromatic carbocycles. The van der Waals surface area contributed by atoms with Crippen LogP contribution < -0.4 is 10.6 Å². The van der Waals surface area contributed by atoms with Crippen LogP contribution in [0.2, 0.25) is 0 Å². The average Bonchev–Trinajstić information content (AvgIpc) is 3.08. The normalized spacial score (nSPS) is 11.1. The van der Waals surface area contributed by atoms with E-state index in [-0.39, 0.29) is 12.6 Å². The molecule has 0 aliphatic heterocycles. The number of amides is 1. The van der Waals surface area contributed by atoms with Crippen molar-refractivity contribution in [2.24, 2.45) is 0 Å². The summed E-state index contributed by atoms with van der Waals surface area (Å²) in [5.74, 6) is 2.70. The van der Waals surface area contributed by atoms with Crippen molar-refractivity contribution in [2.75, 3.05) is 5.32 Å². The van der Waals surface area contributed by atoms with E-state index in [1.54, 1.807) is 36.8 Å². The third kappa shape index (κ3) is 4.42. The van der Waals surface area contributed by atoms with E-state index in [4.69, 9.17) is 5.11 Å². The van der Waals surface area contributed by atoms with Gasteiger partial charge in [0.15, 0.2) is 5.82 Å². The van der Waals surface area contributed by atoms with Gasteiger partial charge in [-0.15, -0.1) is 0 Å². The third-order valence-electron chi connectivity index (χ3n) is 4.68. The first-order valence-corrected chi connectivity index (χ1v) is 9.77. The maximum atomic E-state index is 10.6. The lowest BCUT2D eigenvalue weighted by atomic mass is 10.2. The van der Waals surface area contributed by atoms with E-state index in [0.717, 1.165) is 22.4 Å². The summed E-state index contributed by atoms with van der Waals surface area (Å²) < 4.78 is 2.17. The molecule has 0 unspecified atom stereocenters. The second kappa shape index (κ2) is 8.34. The Kier molecular flexibility index (Phi) is 5.44. The summed E-state index contributed by atoms with van der Waals surface area (Å²) in [7, 11) is 0. The van der Waals surface area contributed by atoms with Crippen LogP contribution in [0.4, 0.5) is 16.4 Å². The molecule has 0 spiro atoms. The Hall–Kier alpha value is -4.08. The van der Waals surface area contributed by atoms with Gasteiger partial charge >= 0.3 is 6.09 Å². The third-order valence-corrected chi connectivity index (χ3v) is 4.68. The lowest BCUT2D eigenvalue weighted by molar-refractivity contribution is 0.194. The van der Waals surface area contributed by atoms with Crippen LogP contribution in [0, 0.1) is 6.92 Å². The van der Waals surface area contributed by atoms with Crippen LogP contribution in [0.25, 0.3) is 22.4 Å². The van der Waals surface area contributed by atoms with Gasteiger partial charge < -0.3 is 20.3 Å². The number of imidazole rings is 1. The van der Waals surface area contributed by atoms with Gasteiger partial charge in [-0.25, -0.2) is 24.7 Å². The highest BCUT2D eigenvalue weighted by Gasteiger charge is 2.12. The topological polar surface area (TPSA) is 131 Å². The highest BCUT2D eigenvalue weighted by molar-refractivity contribution is 5.79. The van der Waals surface area contributed by atoms with Crippen molar-refractivity contribution in [1.29, 1.82) is 0 Å². The molecular weight excluding hydrogens is 396 g/mol. The van der Waals surface area contributed by atoms with Gasteiger partial charge in [0.25, 0.3) is 0 Å². The van der Waals surface area contributed by atoms with Crippen LogP contribution in [-0.2, 0) is 6.54 Å². The van der Waals surface area contributed by atoms with Gasteiger partial charge in [-0.2, -0.15) is 0 Å². The minimum absolute atomic E-state index is 0.138. The second-order valence-electron chi connectivity index (χ2n) is 7.27. The minimum atomic E-state index is -1.09. The first kappa shape index (κ1) is 20.2. The van der Waals surface area contributed by atoms with Crippen molar-refractivity contribution in [3.05, 3.63) is 54.4 Å². The Morgan fingerprint density at radius 3 is 2.65 bits per heavy atom. The fourth-order valence-electron chi connectivity index (χ4n) is 3.37. The number of nitrogens with one attached hydrogen (secondary N) is 2. The van der Waals surface area contributed by atoms with Crippen molar-refractivity contribution in [3.63, 3.8) is 0 Å². The largest absolute Gasteiger partial charge is 0.465 e. The number of hydrogen-bond donors (Lipinski definition) is 3. The molecule has 0 saturated heterocycles. The first-order valence-electron chi connectivity index (χ1n) is 9.77. The zero-order valence-corrected chi connectivity index (χ0v) is 17.4. The van der Waals surface area contributed by atoms with Crippen LogP contribution in [-0.4, -0.2) is 40.7 Å². The van der Waals surface area contributed by atoms with Crippen LogP contribution in [0.5, 0.6) is 0 Å². The SMILES string of the molecule is Cc1nc2cnc(Nc3ccnc(-c4ccc(CNC(=O)O)nc4)n3)cc2n1C(C)C. The average molecular weight is 418 g/mol. The Morgan fingerprint density at radius 1 is 1.10 bits per heavy atom. The molecule has 10 heteroatoms. The number of aryl methyl sites for hydroxylation is 1. The standard InChI is InChI=1S/C21H22N8O2/c1-12(2)29-13(3)26-16-11-24-19(8-17(16)29)27-18-6-7-22-20(28-18)14-4-5-15(23-9-14)10-25-21(30)31/h4-9,11-12,25H,10H2,1-3H3,(H,30,31)(H,22,24,27,28). The van der Waals surface area contributed by atoms with Crippen LogP contribution in [0.3, 0.4) is 0 Å². The van der Waals surface area contributed by atoms with E-state index in [1.165, 1.54) is 0 Å². The smallest absolute Gasteiger partial charge is 0.404 e. The van der Waals surface area contributed by atoms with Crippen LogP contribution in [0.1, 0.15) is 31.4 Å². The number of aromatic nitrogens is 6. The Labute approximate surface area is 178 Å². The van der Waals surface area contributed by atoms with E-state index >= 15 is 0 Å². The molecule has 158 valence electrons. The quantitative estimate of drug-likeness (QED) is 0.432. The molecule has 0 fully saturated rings. The highest BCUT2D eigenvalue weighted by atomic mass is 16.4. The predicted octanol–water partition coefficient (Wildman–Crippen LogP) is 3.68. The zero-order chi connectivity index (χ0) is 22.0. The fraction of sp³-hybridized carbons (Fsp3) is 0.238. The van der Waals surface area contributed by atoms with Gasteiger partial charge in [-0.05, 0) is 39.0 Å². The van der Waals surface area contributed by atoms with Crippen molar-refractivity contribution < 1.29 is 9.90 Å². The predicted molar refractivity (Wildman–Crippen MR) is 116 cm³/mol. The molecule has 31 heavy (non-hydrogen) atoms. The number of carboxylic acid groups (broad SMARTS) is 1. The molecule has 0 aliphatic carbocycles. The summed E-state index contributed by atoms with van der Waals surface area (Å²) >= 11 is 0. The fourth-order valence-corrected chi connectivity index (χ4v) is 3.37. The summed E-state index contributed by atoms with van der Waals surface area (Å²) in [5.41, 5.74) is 3.19. The van der Waals surface area contributed by atoms with E-state index in [1.807, 2.05) is 13.0 Å². The Morgan fingerprint density at radius 2 is 1.94 bits per heavy atom. The van der Waals surface area contributed by atoms with Gasteiger partial charge in [-0.3, -0.25) is 4.98 Å². The molecular formula is C21H22N8O2. The Bertz CT molecular complexity index is 1230. The molecule has 4 aromatic rings. The minimum Gasteiger partial charge on any atom is -0.465 e. The molecule has 4 heterocycles. The molecule has 0 aliphatic rings. The maximum absolute atomic E-state index is 10.6. The monoisotopic (exact) mass is 418 g/mol. The number of anilines is 2. The molecule has 10 nitrogen and oxygen atoms in total. The number of pyridine rings is 2. The lowest BCUT2D eigenvalue weighted by Crippen LogP contribution is -2.20. The number of nitrogens with zero attached hydrogens (tertiary/aromatic N) is 6. The molecule has 3 N–H and O–H groups in total. The molecule has 4 rings (SSSR count). The maximum Gasteiger partial charge on any atom is 0.404 e. The summed E-state index contributed by atoms with van der Waals surface area (Å²) in [5, 5.41) is 14.2. The lowest BCUT2D eigenvalue weighted by Gasteiger charge is -2.11. The summed E-state index contributed by atoms with van der Waals surface area (Å²) in [6.07, 6.45) is 3.93. The van der Waals surface area contributed by atoms with Crippen molar-refractivity contribution in [3.8, 4) is 11.4 Å². The Balaban J connectivity index is 1.56.